The van der Waals surface area contributed by atoms with Crippen molar-refractivity contribution in [3.8, 4) is 0 Å². The van der Waals surface area contributed by atoms with Crippen LogP contribution < -0.4 is 5.32 Å². The molecule has 1 aliphatic heterocycles. The number of aliphatic carboxylic acids is 1. The Morgan fingerprint density at radius 2 is 1.68 bits per heavy atom. The van der Waals surface area contributed by atoms with Crippen molar-refractivity contribution in [2.45, 2.75) is 55.8 Å². The fourth-order valence-electron chi connectivity index (χ4n) is 4.21. The fraction of sp³-hybridized carbons (Fsp3) is 0.310. The number of carbonyl (C=O) groups is 3. The second kappa shape index (κ2) is 14.0. The summed E-state index contributed by atoms with van der Waals surface area (Å²) < 4.78 is 12.6. The van der Waals surface area contributed by atoms with E-state index in [-0.39, 0.29) is 49.5 Å². The quantitative estimate of drug-likeness (QED) is 0.225. The molecule has 3 aromatic rings. The number of hydrogen-bond acceptors (Lipinski definition) is 8. The van der Waals surface area contributed by atoms with Gasteiger partial charge in [0.15, 0.2) is 6.29 Å². The molecule has 0 unspecified atom stereocenters. The molecule has 11 heteroatoms. The Hall–Kier alpha value is -3.77. The number of ether oxygens (including phenoxy) is 2. The number of carbonyl (C=O) groups excluding carboxylic acids is 1. The first-order valence-corrected chi connectivity index (χ1v) is 13.7. The lowest BCUT2D eigenvalue weighted by molar-refractivity contribution is -0.245. The molecule has 3 atom stereocenters. The summed E-state index contributed by atoms with van der Waals surface area (Å²) in [7, 11) is 0. The zero-order valence-electron chi connectivity index (χ0n) is 21.6. The molecule has 210 valence electrons. The minimum Gasteiger partial charge on any atom is -0.481 e. The van der Waals surface area contributed by atoms with Gasteiger partial charge in [-0.2, -0.15) is 0 Å². The smallest absolute Gasteiger partial charge is 0.338 e. The van der Waals surface area contributed by atoms with Gasteiger partial charge in [-0.3, -0.25) is 9.59 Å². The van der Waals surface area contributed by atoms with Gasteiger partial charge in [-0.05, 0) is 41.8 Å². The van der Waals surface area contributed by atoms with Crippen molar-refractivity contribution < 1.29 is 39.2 Å². The van der Waals surface area contributed by atoms with Crippen molar-refractivity contribution in [1.29, 1.82) is 0 Å². The number of carboxylic acids is 2. The normalized spacial score (nSPS) is 18.7. The van der Waals surface area contributed by atoms with Gasteiger partial charge in [-0.1, -0.05) is 36.4 Å². The van der Waals surface area contributed by atoms with Gasteiger partial charge in [-0.25, -0.2) is 9.78 Å². The molecule has 0 spiro atoms. The molecule has 4 N–H and O–H groups in total. The predicted molar refractivity (Wildman–Crippen MR) is 147 cm³/mol. The van der Waals surface area contributed by atoms with E-state index in [0.717, 1.165) is 16.7 Å². The zero-order valence-corrected chi connectivity index (χ0v) is 22.4. The maximum atomic E-state index is 12.1. The number of amides is 1. The van der Waals surface area contributed by atoms with Crippen LogP contribution in [-0.4, -0.2) is 50.0 Å². The molecule has 0 radical (unpaired) electrons. The van der Waals surface area contributed by atoms with Crippen LogP contribution in [0, 0.1) is 0 Å². The number of anilines is 1. The van der Waals surface area contributed by atoms with Crippen LogP contribution in [0.2, 0.25) is 0 Å². The molecular weight excluding hydrogens is 536 g/mol. The van der Waals surface area contributed by atoms with Crippen molar-refractivity contribution in [3.05, 3.63) is 89.1 Å². The zero-order chi connectivity index (χ0) is 28.5. The summed E-state index contributed by atoms with van der Waals surface area (Å²) in [6.45, 7) is -0.0603. The molecule has 0 aliphatic carbocycles. The van der Waals surface area contributed by atoms with Gasteiger partial charge in [0.25, 0.3) is 0 Å². The maximum absolute atomic E-state index is 12.1. The highest BCUT2D eigenvalue weighted by Gasteiger charge is 2.32. The minimum atomic E-state index is -1.04. The SMILES string of the molecule is O=C(O)CCCC(=O)Nc1ccc([C@H]2O[C@@H](CSc3ncccc3C(=O)O)C[C@@H](c3ccc(CO)cc3)O2)cc1. The molecular formula is C29H30N2O8S. The summed E-state index contributed by atoms with van der Waals surface area (Å²) in [6.07, 6.45) is 1.07. The summed E-state index contributed by atoms with van der Waals surface area (Å²) in [4.78, 5) is 38.6. The van der Waals surface area contributed by atoms with E-state index < -0.39 is 18.2 Å². The van der Waals surface area contributed by atoms with Crippen LogP contribution in [0.5, 0.6) is 0 Å². The van der Waals surface area contributed by atoms with E-state index in [4.69, 9.17) is 14.6 Å². The largest absolute Gasteiger partial charge is 0.481 e. The van der Waals surface area contributed by atoms with Crippen molar-refractivity contribution in [3.63, 3.8) is 0 Å². The third-order valence-electron chi connectivity index (χ3n) is 6.28. The minimum absolute atomic E-state index is 0.0603. The number of thioether (sulfide) groups is 1. The number of nitrogens with one attached hydrogen (secondary N) is 1. The first kappa shape index (κ1) is 29.2. The lowest BCUT2D eigenvalue weighted by Crippen LogP contribution is -2.31. The Balaban J connectivity index is 1.47. The van der Waals surface area contributed by atoms with E-state index in [1.165, 1.54) is 17.8 Å². The number of benzene rings is 2. The van der Waals surface area contributed by atoms with Crippen molar-refractivity contribution >= 4 is 35.3 Å². The Morgan fingerprint density at radius 1 is 0.950 bits per heavy atom. The van der Waals surface area contributed by atoms with Gasteiger partial charge in [0.1, 0.15) is 5.03 Å². The molecule has 2 heterocycles. The van der Waals surface area contributed by atoms with E-state index in [9.17, 15) is 24.6 Å². The molecule has 1 saturated heterocycles. The van der Waals surface area contributed by atoms with Crippen LogP contribution in [0.4, 0.5) is 5.69 Å². The van der Waals surface area contributed by atoms with Crippen LogP contribution in [0.15, 0.2) is 71.9 Å². The van der Waals surface area contributed by atoms with Crippen LogP contribution >= 0.6 is 11.8 Å². The van der Waals surface area contributed by atoms with E-state index in [1.54, 1.807) is 36.5 Å². The lowest BCUT2D eigenvalue weighted by atomic mass is 10.0. The number of hydrogen-bond donors (Lipinski definition) is 4. The molecule has 0 saturated carbocycles. The molecule has 10 nitrogen and oxygen atoms in total. The van der Waals surface area contributed by atoms with Gasteiger partial charge in [0, 0.05) is 42.5 Å². The average Bonchev–Trinajstić information content (AvgIpc) is 2.96. The monoisotopic (exact) mass is 566 g/mol. The maximum Gasteiger partial charge on any atom is 0.338 e. The second-order valence-corrected chi connectivity index (χ2v) is 10.2. The highest BCUT2D eigenvalue weighted by atomic mass is 32.2. The van der Waals surface area contributed by atoms with E-state index in [1.807, 2.05) is 24.3 Å². The van der Waals surface area contributed by atoms with Crippen LogP contribution in [0.1, 0.15) is 65.1 Å². The number of nitrogens with zero attached hydrogens (tertiary/aromatic N) is 1. The van der Waals surface area contributed by atoms with Crippen LogP contribution in [0.25, 0.3) is 0 Å². The molecule has 40 heavy (non-hydrogen) atoms. The average molecular weight is 567 g/mol. The van der Waals surface area contributed by atoms with Crippen LogP contribution in [0.3, 0.4) is 0 Å². The number of rotatable bonds is 12. The summed E-state index contributed by atoms with van der Waals surface area (Å²) >= 11 is 1.31. The predicted octanol–water partition coefficient (Wildman–Crippen LogP) is 4.80. The van der Waals surface area contributed by atoms with Gasteiger partial charge in [0.2, 0.25) is 5.91 Å². The lowest BCUT2D eigenvalue weighted by Gasteiger charge is -2.36. The number of aliphatic hydroxyl groups is 1. The number of aromatic nitrogens is 1. The van der Waals surface area contributed by atoms with Crippen molar-refractivity contribution in [2.24, 2.45) is 0 Å². The van der Waals surface area contributed by atoms with E-state index >= 15 is 0 Å². The number of carboxylic acid groups (broad SMARTS) is 2. The summed E-state index contributed by atoms with van der Waals surface area (Å²) in [5.41, 5.74) is 3.15. The number of aromatic carboxylic acids is 1. The highest BCUT2D eigenvalue weighted by molar-refractivity contribution is 7.99. The van der Waals surface area contributed by atoms with Gasteiger partial charge >= 0.3 is 11.9 Å². The third-order valence-corrected chi connectivity index (χ3v) is 7.42. The van der Waals surface area contributed by atoms with Crippen LogP contribution in [-0.2, 0) is 25.7 Å². The number of aliphatic hydroxyl groups excluding tert-OH is 1. The van der Waals surface area contributed by atoms with Gasteiger partial charge in [0.05, 0.1) is 24.4 Å². The van der Waals surface area contributed by atoms with E-state index in [2.05, 4.69) is 10.3 Å². The Labute approximate surface area is 235 Å². The Morgan fingerprint density at radius 3 is 2.35 bits per heavy atom. The van der Waals surface area contributed by atoms with E-state index in [0.29, 0.717) is 22.9 Å². The molecule has 4 rings (SSSR count). The Bertz CT molecular complexity index is 1320. The van der Waals surface area contributed by atoms with Gasteiger partial charge in [-0.15, -0.1) is 11.8 Å². The fourth-order valence-corrected chi connectivity index (χ4v) is 5.22. The van der Waals surface area contributed by atoms with Gasteiger partial charge < -0.3 is 30.1 Å². The summed E-state index contributed by atoms with van der Waals surface area (Å²) in [5, 5.41) is 30.8. The molecule has 1 aromatic heterocycles. The summed E-state index contributed by atoms with van der Waals surface area (Å²) in [5.74, 6) is -1.80. The first-order valence-electron chi connectivity index (χ1n) is 12.8. The Kier molecular flexibility index (Phi) is 10.3. The van der Waals surface area contributed by atoms with Crippen molar-refractivity contribution in [1.82, 2.24) is 4.98 Å². The molecule has 1 aliphatic rings. The topological polar surface area (TPSA) is 155 Å². The molecule has 2 aromatic carbocycles. The molecule has 0 bridgehead atoms. The first-order chi connectivity index (χ1) is 19.3. The number of pyridine rings is 1. The van der Waals surface area contributed by atoms with Crippen molar-refractivity contribution in [2.75, 3.05) is 11.1 Å². The summed E-state index contributed by atoms with van der Waals surface area (Å²) in [6, 6.07) is 17.6. The molecule has 1 amide bonds. The third kappa shape index (κ3) is 8.12. The highest BCUT2D eigenvalue weighted by Crippen LogP contribution is 2.39. The standard InChI is InChI=1S/C29H30N2O8S/c32-16-18-6-8-19(9-7-18)24-15-22(17-40-27-23(28(36)37)3-2-14-30-27)38-29(39-24)20-10-12-21(13-11-20)31-25(33)4-1-5-26(34)35/h2-3,6-14,22,24,29,32H,1,4-5,15-17H2,(H,31,33)(H,34,35)(H,36,37)/t22-,24+,29+/m1/s1. The molecule has 1 fully saturated rings. The second-order valence-electron chi connectivity index (χ2n) is 9.24.